The van der Waals surface area contributed by atoms with Crippen LogP contribution in [0.5, 0.6) is 5.75 Å². The second-order valence-electron chi connectivity index (χ2n) is 4.13. The molecule has 1 aromatic rings. The lowest BCUT2D eigenvalue weighted by Crippen LogP contribution is -2.41. The molecule has 16 heavy (non-hydrogen) atoms. The minimum Gasteiger partial charge on any atom is -0.491 e. The molecular formula is C12H16FNO2. The predicted octanol–water partition coefficient (Wildman–Crippen LogP) is 2.14. The number of carbonyl (C=O) groups is 1. The average Bonchev–Trinajstić information content (AvgIpc) is 2.19. The number of hydrogen-bond acceptors (Lipinski definition) is 3. The van der Waals surface area contributed by atoms with Crippen molar-refractivity contribution >= 4 is 5.78 Å². The van der Waals surface area contributed by atoms with Crippen molar-refractivity contribution in [3.05, 3.63) is 29.6 Å². The van der Waals surface area contributed by atoms with E-state index in [0.717, 1.165) is 6.07 Å². The molecule has 2 N–H and O–H groups in total. The van der Waals surface area contributed by atoms with E-state index in [1.165, 1.54) is 12.1 Å². The molecule has 0 spiro atoms. The normalized spacial score (nSPS) is 11.3. The van der Waals surface area contributed by atoms with Gasteiger partial charge in [-0.15, -0.1) is 0 Å². The third-order valence-electron chi connectivity index (χ3n) is 2.08. The summed E-state index contributed by atoms with van der Waals surface area (Å²) in [6.45, 7) is 5.32. The van der Waals surface area contributed by atoms with Gasteiger partial charge in [0.15, 0.2) is 17.3 Å². The average molecular weight is 225 g/mol. The monoisotopic (exact) mass is 225 g/mol. The highest BCUT2D eigenvalue weighted by Gasteiger charge is 2.24. The van der Waals surface area contributed by atoms with Gasteiger partial charge in [0, 0.05) is 5.56 Å². The zero-order valence-electron chi connectivity index (χ0n) is 9.71. The largest absolute Gasteiger partial charge is 0.491 e. The van der Waals surface area contributed by atoms with Crippen LogP contribution in [0.4, 0.5) is 4.39 Å². The molecule has 0 radical (unpaired) electrons. The number of benzene rings is 1. The molecule has 0 aliphatic carbocycles. The van der Waals surface area contributed by atoms with Gasteiger partial charge in [-0.3, -0.25) is 4.79 Å². The maximum Gasteiger partial charge on any atom is 0.182 e. The Balaban J connectivity index is 3.02. The van der Waals surface area contributed by atoms with Crippen molar-refractivity contribution < 1.29 is 13.9 Å². The van der Waals surface area contributed by atoms with Crippen molar-refractivity contribution in [2.45, 2.75) is 26.3 Å². The summed E-state index contributed by atoms with van der Waals surface area (Å²) in [4.78, 5) is 11.8. The first-order valence-electron chi connectivity index (χ1n) is 5.12. The summed E-state index contributed by atoms with van der Waals surface area (Å²) in [5.41, 5.74) is 4.91. The fourth-order valence-corrected chi connectivity index (χ4v) is 1.29. The zero-order valence-corrected chi connectivity index (χ0v) is 9.71. The van der Waals surface area contributed by atoms with Crippen LogP contribution in [0.25, 0.3) is 0 Å². The van der Waals surface area contributed by atoms with Crippen LogP contribution in [-0.4, -0.2) is 17.9 Å². The zero-order chi connectivity index (χ0) is 12.3. The first kappa shape index (κ1) is 12.6. The van der Waals surface area contributed by atoms with Crippen LogP contribution >= 0.6 is 0 Å². The number of carbonyl (C=O) groups excluding carboxylic acids is 1. The lowest BCUT2D eigenvalue weighted by Gasteiger charge is -2.17. The lowest BCUT2D eigenvalue weighted by molar-refractivity contribution is 0.0913. The van der Waals surface area contributed by atoms with E-state index < -0.39 is 11.4 Å². The summed E-state index contributed by atoms with van der Waals surface area (Å²) in [7, 11) is 0. The predicted molar refractivity (Wildman–Crippen MR) is 60.2 cm³/mol. The fourth-order valence-electron chi connectivity index (χ4n) is 1.29. The Bertz CT molecular complexity index is 396. The molecule has 0 unspecified atom stereocenters. The van der Waals surface area contributed by atoms with E-state index >= 15 is 0 Å². The van der Waals surface area contributed by atoms with Crippen LogP contribution < -0.4 is 10.5 Å². The van der Waals surface area contributed by atoms with E-state index in [1.54, 1.807) is 20.8 Å². The van der Waals surface area contributed by atoms with Crippen LogP contribution in [0.1, 0.15) is 31.1 Å². The summed E-state index contributed by atoms with van der Waals surface area (Å²) < 4.78 is 18.5. The van der Waals surface area contributed by atoms with Gasteiger partial charge >= 0.3 is 0 Å². The summed E-state index contributed by atoms with van der Waals surface area (Å²) in [5.74, 6) is -0.694. The van der Waals surface area contributed by atoms with Crippen molar-refractivity contribution in [3.63, 3.8) is 0 Å². The minimum atomic E-state index is -1.00. The Hall–Kier alpha value is -1.42. The first-order valence-corrected chi connectivity index (χ1v) is 5.12. The SMILES string of the molecule is CCOc1ccc(C(=O)C(C)(C)N)cc1F. The third-order valence-corrected chi connectivity index (χ3v) is 2.08. The Morgan fingerprint density at radius 2 is 2.12 bits per heavy atom. The second kappa shape index (κ2) is 4.61. The Morgan fingerprint density at radius 1 is 1.50 bits per heavy atom. The number of rotatable bonds is 4. The Kier molecular flexibility index (Phi) is 3.65. The molecule has 88 valence electrons. The van der Waals surface area contributed by atoms with E-state index in [9.17, 15) is 9.18 Å². The summed E-state index contributed by atoms with van der Waals surface area (Å²) >= 11 is 0. The van der Waals surface area contributed by atoms with E-state index in [0.29, 0.717) is 6.61 Å². The molecule has 0 saturated carbocycles. The highest BCUT2D eigenvalue weighted by molar-refractivity contribution is 6.02. The van der Waals surface area contributed by atoms with E-state index in [4.69, 9.17) is 10.5 Å². The molecule has 0 aliphatic heterocycles. The Morgan fingerprint density at radius 3 is 2.56 bits per heavy atom. The molecule has 0 aromatic heterocycles. The number of ketones is 1. The maximum absolute atomic E-state index is 13.5. The standard InChI is InChI=1S/C12H16FNO2/c1-4-16-10-6-5-8(7-9(10)13)11(15)12(2,3)14/h5-7H,4,14H2,1-3H3. The van der Waals surface area contributed by atoms with E-state index in [1.807, 2.05) is 0 Å². The van der Waals surface area contributed by atoms with Gasteiger partial charge in [0.05, 0.1) is 12.1 Å². The van der Waals surface area contributed by atoms with Gasteiger partial charge in [-0.05, 0) is 39.0 Å². The highest BCUT2D eigenvalue weighted by Crippen LogP contribution is 2.20. The maximum atomic E-state index is 13.5. The molecule has 1 aromatic carbocycles. The molecule has 0 heterocycles. The molecule has 1 rings (SSSR count). The number of nitrogens with two attached hydrogens (primary N) is 1. The van der Waals surface area contributed by atoms with Gasteiger partial charge in [-0.1, -0.05) is 0 Å². The molecule has 0 atom stereocenters. The third kappa shape index (κ3) is 2.79. The molecule has 3 nitrogen and oxygen atoms in total. The second-order valence-corrected chi connectivity index (χ2v) is 4.13. The number of halogens is 1. The van der Waals surface area contributed by atoms with Gasteiger partial charge in [0.25, 0.3) is 0 Å². The van der Waals surface area contributed by atoms with Gasteiger partial charge in [0.2, 0.25) is 0 Å². The smallest absolute Gasteiger partial charge is 0.182 e. The molecule has 4 heteroatoms. The number of ether oxygens (including phenoxy) is 1. The van der Waals surface area contributed by atoms with Crippen LogP contribution in [0.2, 0.25) is 0 Å². The number of Topliss-reactive ketones (excluding diaryl/α,β-unsaturated/α-hetero) is 1. The van der Waals surface area contributed by atoms with E-state index in [-0.39, 0.29) is 17.1 Å². The van der Waals surface area contributed by atoms with Gasteiger partial charge in [-0.2, -0.15) is 0 Å². The molecule has 0 saturated heterocycles. The van der Waals surface area contributed by atoms with Crippen molar-refractivity contribution in [1.29, 1.82) is 0 Å². The van der Waals surface area contributed by atoms with Crippen molar-refractivity contribution in [2.75, 3.05) is 6.61 Å². The van der Waals surface area contributed by atoms with E-state index in [2.05, 4.69) is 0 Å². The van der Waals surface area contributed by atoms with Crippen molar-refractivity contribution in [2.24, 2.45) is 5.73 Å². The summed E-state index contributed by atoms with van der Waals surface area (Å²) in [6, 6.07) is 4.12. The molecule has 0 bridgehead atoms. The highest BCUT2D eigenvalue weighted by atomic mass is 19.1. The molecular weight excluding hydrogens is 209 g/mol. The first-order chi connectivity index (χ1) is 7.36. The van der Waals surface area contributed by atoms with Gasteiger partial charge in [0.1, 0.15) is 0 Å². The summed E-state index contributed by atoms with van der Waals surface area (Å²) in [5, 5.41) is 0. The fraction of sp³-hybridized carbons (Fsp3) is 0.417. The van der Waals surface area contributed by atoms with Crippen LogP contribution in [0, 0.1) is 5.82 Å². The lowest BCUT2D eigenvalue weighted by atomic mass is 9.94. The molecule has 0 fully saturated rings. The number of hydrogen-bond donors (Lipinski definition) is 1. The van der Waals surface area contributed by atoms with Crippen LogP contribution in [0.3, 0.4) is 0 Å². The molecule has 0 aliphatic rings. The van der Waals surface area contributed by atoms with Crippen LogP contribution in [-0.2, 0) is 0 Å². The minimum absolute atomic E-state index is 0.147. The van der Waals surface area contributed by atoms with Crippen molar-refractivity contribution in [3.8, 4) is 5.75 Å². The topological polar surface area (TPSA) is 52.3 Å². The quantitative estimate of drug-likeness (QED) is 0.799. The van der Waals surface area contributed by atoms with Gasteiger partial charge in [-0.25, -0.2) is 4.39 Å². The summed E-state index contributed by atoms with van der Waals surface area (Å²) in [6.07, 6.45) is 0. The molecule has 0 amide bonds. The van der Waals surface area contributed by atoms with Gasteiger partial charge < -0.3 is 10.5 Å². The van der Waals surface area contributed by atoms with Crippen molar-refractivity contribution in [1.82, 2.24) is 0 Å². The van der Waals surface area contributed by atoms with Crippen LogP contribution in [0.15, 0.2) is 18.2 Å². The Labute approximate surface area is 94.4 Å².